The Hall–Kier alpha value is -3.81. The summed E-state index contributed by atoms with van der Waals surface area (Å²) in [5.74, 6) is -1.35. The highest BCUT2D eigenvalue weighted by Gasteiger charge is 2.27. The van der Waals surface area contributed by atoms with E-state index in [9.17, 15) is 19.1 Å². The smallest absolute Gasteiger partial charge is 0.338 e. The summed E-state index contributed by atoms with van der Waals surface area (Å²) in [5.41, 5.74) is 1.93. The van der Waals surface area contributed by atoms with Crippen LogP contribution in [0.4, 0.5) is 4.39 Å². The zero-order valence-electron chi connectivity index (χ0n) is 18.4. The van der Waals surface area contributed by atoms with Gasteiger partial charge in [0.05, 0.1) is 11.3 Å². The van der Waals surface area contributed by atoms with Crippen LogP contribution in [0, 0.1) is 5.82 Å². The molecule has 1 unspecified atom stereocenters. The topological polar surface area (TPSA) is 74.6 Å². The number of rotatable bonds is 5. The van der Waals surface area contributed by atoms with Gasteiger partial charge in [-0.25, -0.2) is 9.18 Å². The molecule has 5 rings (SSSR count). The molecule has 0 saturated carbocycles. The maximum atomic E-state index is 13.6. The first kappa shape index (κ1) is 22.0. The lowest BCUT2D eigenvalue weighted by molar-refractivity contribution is 0.0695. The number of fused-ring (bicyclic) bond motifs is 1. The fourth-order valence-electron chi connectivity index (χ4n) is 4.72. The van der Waals surface area contributed by atoms with Crippen LogP contribution >= 0.6 is 0 Å². The molecule has 1 atom stereocenters. The number of carboxylic acid groups (broad SMARTS) is 1. The van der Waals surface area contributed by atoms with Crippen molar-refractivity contribution in [1.82, 2.24) is 14.8 Å². The maximum absolute atomic E-state index is 13.6. The number of benzene rings is 3. The molecule has 0 aliphatic carbocycles. The molecule has 1 saturated heterocycles. The minimum atomic E-state index is -1.07. The maximum Gasteiger partial charge on any atom is 0.338 e. The van der Waals surface area contributed by atoms with Gasteiger partial charge in [-0.15, -0.1) is 0 Å². The quantitative estimate of drug-likeness (QED) is 0.474. The van der Waals surface area contributed by atoms with E-state index >= 15 is 0 Å². The van der Waals surface area contributed by atoms with Gasteiger partial charge in [0.15, 0.2) is 0 Å². The standard InChI is InChI=1S/C27H24FN3O3/c28-19-12-10-18(11-13-19)23-16-30(15-14-29-23)17-24-25(27(33)34)21-8-4-5-9-22(21)26(32)31(24)20-6-2-1-3-7-20/h1-13,23,29H,14-17H2,(H,33,34). The molecule has 0 spiro atoms. The SMILES string of the molecule is O=C(O)c1c(CN2CCNC(c3ccc(F)cc3)C2)n(-c2ccccc2)c(=O)c2ccccc12. The number of carbonyl (C=O) groups is 1. The molecule has 1 aliphatic rings. The number of halogens is 1. The lowest BCUT2D eigenvalue weighted by atomic mass is 10.0. The van der Waals surface area contributed by atoms with Crippen LogP contribution in [0.2, 0.25) is 0 Å². The highest BCUT2D eigenvalue weighted by Crippen LogP contribution is 2.26. The van der Waals surface area contributed by atoms with Gasteiger partial charge in [-0.05, 0) is 35.9 Å². The normalized spacial score (nSPS) is 16.6. The summed E-state index contributed by atoms with van der Waals surface area (Å²) < 4.78 is 14.9. The highest BCUT2D eigenvalue weighted by molar-refractivity contribution is 6.04. The number of pyridine rings is 1. The number of aromatic carboxylic acids is 1. The molecule has 34 heavy (non-hydrogen) atoms. The van der Waals surface area contributed by atoms with Crippen LogP contribution in [0.15, 0.2) is 83.7 Å². The minimum Gasteiger partial charge on any atom is -0.478 e. The molecule has 172 valence electrons. The third kappa shape index (κ3) is 4.11. The van der Waals surface area contributed by atoms with E-state index in [1.54, 1.807) is 36.4 Å². The second-order valence-electron chi connectivity index (χ2n) is 8.44. The van der Waals surface area contributed by atoms with Gasteiger partial charge in [0.1, 0.15) is 5.82 Å². The monoisotopic (exact) mass is 457 g/mol. The summed E-state index contributed by atoms with van der Waals surface area (Å²) in [6, 6.07) is 22.4. The van der Waals surface area contributed by atoms with Crippen LogP contribution in [0.5, 0.6) is 0 Å². The Kier molecular flexibility index (Phi) is 5.96. The predicted octanol–water partition coefficient (Wildman–Crippen LogP) is 3.97. The van der Waals surface area contributed by atoms with Gasteiger partial charge in [-0.3, -0.25) is 14.3 Å². The van der Waals surface area contributed by atoms with Crippen molar-refractivity contribution < 1.29 is 14.3 Å². The predicted molar refractivity (Wildman–Crippen MR) is 129 cm³/mol. The van der Waals surface area contributed by atoms with Gasteiger partial charge in [-0.1, -0.05) is 48.5 Å². The van der Waals surface area contributed by atoms with Crippen molar-refractivity contribution in [3.8, 4) is 5.69 Å². The lowest BCUT2D eigenvalue weighted by Crippen LogP contribution is -2.46. The second-order valence-corrected chi connectivity index (χ2v) is 8.44. The average molecular weight is 458 g/mol. The fourth-order valence-corrected chi connectivity index (χ4v) is 4.72. The number of hydrogen-bond acceptors (Lipinski definition) is 4. The molecule has 0 amide bonds. The van der Waals surface area contributed by atoms with E-state index in [0.717, 1.165) is 5.56 Å². The van der Waals surface area contributed by atoms with Crippen LogP contribution < -0.4 is 10.9 Å². The van der Waals surface area contributed by atoms with Crippen LogP contribution in [0.3, 0.4) is 0 Å². The molecule has 0 radical (unpaired) electrons. The van der Waals surface area contributed by atoms with E-state index in [-0.39, 0.29) is 29.5 Å². The Balaban J connectivity index is 1.62. The fraction of sp³-hybridized carbons (Fsp3) is 0.185. The number of carboxylic acids is 1. The van der Waals surface area contributed by atoms with E-state index in [4.69, 9.17) is 0 Å². The van der Waals surface area contributed by atoms with Crippen LogP contribution in [0.25, 0.3) is 16.5 Å². The van der Waals surface area contributed by atoms with Crippen molar-refractivity contribution in [3.63, 3.8) is 0 Å². The van der Waals surface area contributed by atoms with Crippen molar-refractivity contribution in [1.29, 1.82) is 0 Å². The Morgan fingerprint density at radius 3 is 2.35 bits per heavy atom. The number of nitrogens with zero attached hydrogens (tertiary/aromatic N) is 2. The summed E-state index contributed by atoms with van der Waals surface area (Å²) in [6.07, 6.45) is 0. The lowest BCUT2D eigenvalue weighted by Gasteiger charge is -2.35. The third-order valence-corrected chi connectivity index (χ3v) is 6.32. The summed E-state index contributed by atoms with van der Waals surface area (Å²) in [7, 11) is 0. The average Bonchev–Trinajstić information content (AvgIpc) is 2.85. The molecule has 1 fully saturated rings. The van der Waals surface area contributed by atoms with Gasteiger partial charge in [0.2, 0.25) is 0 Å². The van der Waals surface area contributed by atoms with Crippen molar-refractivity contribution in [3.05, 3.63) is 112 Å². The van der Waals surface area contributed by atoms with Crippen molar-refractivity contribution in [2.45, 2.75) is 12.6 Å². The van der Waals surface area contributed by atoms with Gasteiger partial charge in [0, 0.05) is 48.7 Å². The van der Waals surface area contributed by atoms with E-state index < -0.39 is 5.97 Å². The second kappa shape index (κ2) is 9.21. The zero-order valence-corrected chi connectivity index (χ0v) is 18.4. The van der Waals surface area contributed by atoms with E-state index in [0.29, 0.717) is 41.8 Å². The Morgan fingerprint density at radius 1 is 0.971 bits per heavy atom. The first-order valence-electron chi connectivity index (χ1n) is 11.2. The van der Waals surface area contributed by atoms with E-state index in [2.05, 4.69) is 10.2 Å². The molecule has 4 aromatic rings. The summed E-state index contributed by atoms with van der Waals surface area (Å²) >= 11 is 0. The number of para-hydroxylation sites is 1. The molecular formula is C27H24FN3O3. The first-order valence-corrected chi connectivity index (χ1v) is 11.2. The number of piperazine rings is 1. The summed E-state index contributed by atoms with van der Waals surface area (Å²) in [5, 5.41) is 14.5. The summed E-state index contributed by atoms with van der Waals surface area (Å²) in [6.45, 7) is 2.26. The molecule has 3 aromatic carbocycles. The molecule has 2 N–H and O–H groups in total. The molecule has 6 nitrogen and oxygen atoms in total. The third-order valence-electron chi connectivity index (χ3n) is 6.32. The molecule has 1 aliphatic heterocycles. The van der Waals surface area contributed by atoms with Gasteiger partial charge in [0.25, 0.3) is 5.56 Å². The van der Waals surface area contributed by atoms with Gasteiger partial charge < -0.3 is 10.4 Å². The Morgan fingerprint density at radius 2 is 1.65 bits per heavy atom. The number of hydrogen-bond donors (Lipinski definition) is 2. The van der Waals surface area contributed by atoms with Crippen LogP contribution in [-0.4, -0.2) is 40.2 Å². The molecular weight excluding hydrogens is 433 g/mol. The van der Waals surface area contributed by atoms with Crippen molar-refractivity contribution in [2.24, 2.45) is 0 Å². The van der Waals surface area contributed by atoms with Gasteiger partial charge in [-0.2, -0.15) is 0 Å². The number of nitrogens with one attached hydrogen (secondary N) is 1. The zero-order chi connectivity index (χ0) is 23.7. The largest absolute Gasteiger partial charge is 0.478 e. The number of aromatic nitrogens is 1. The van der Waals surface area contributed by atoms with Gasteiger partial charge >= 0.3 is 5.97 Å². The van der Waals surface area contributed by atoms with Crippen LogP contribution in [0.1, 0.15) is 27.7 Å². The summed E-state index contributed by atoms with van der Waals surface area (Å²) in [4.78, 5) is 28.2. The first-order chi connectivity index (χ1) is 16.5. The minimum absolute atomic E-state index is 0.0278. The molecule has 7 heteroatoms. The molecule has 0 bridgehead atoms. The molecule has 2 heterocycles. The Labute approximate surface area is 195 Å². The Bertz CT molecular complexity index is 1400. The van der Waals surface area contributed by atoms with Crippen LogP contribution in [-0.2, 0) is 6.54 Å². The van der Waals surface area contributed by atoms with Crippen molar-refractivity contribution in [2.75, 3.05) is 19.6 Å². The van der Waals surface area contributed by atoms with E-state index in [1.807, 2.05) is 30.3 Å². The van der Waals surface area contributed by atoms with E-state index in [1.165, 1.54) is 16.7 Å². The highest BCUT2D eigenvalue weighted by atomic mass is 19.1. The van der Waals surface area contributed by atoms with Crippen molar-refractivity contribution >= 4 is 16.7 Å². The molecule has 1 aromatic heterocycles.